The Hall–Kier alpha value is -1.24. The molecule has 0 radical (unpaired) electrons. The molecule has 0 fully saturated rings. The van der Waals surface area contributed by atoms with Crippen LogP contribution in [0.25, 0.3) is 0 Å². The van der Waals surface area contributed by atoms with Crippen molar-refractivity contribution in [1.29, 1.82) is 0 Å². The van der Waals surface area contributed by atoms with Crippen molar-refractivity contribution < 1.29 is 27.8 Å². The number of hydrogen-bond acceptors (Lipinski definition) is 2. The fourth-order valence-corrected chi connectivity index (χ4v) is 1.37. The lowest BCUT2D eigenvalue weighted by Crippen LogP contribution is -2.31. The average molecular weight is 313 g/mol. The van der Waals surface area contributed by atoms with Crippen LogP contribution in [0.5, 0.6) is 5.75 Å². The Kier molecular flexibility index (Phi) is 4.03. The van der Waals surface area contributed by atoms with Gasteiger partial charge >= 0.3 is 12.1 Å². The van der Waals surface area contributed by atoms with Gasteiger partial charge in [0.05, 0.1) is 0 Å². The number of benzene rings is 1. The predicted octanol–water partition coefficient (Wildman–Crippen LogP) is 3.48. The zero-order valence-electron chi connectivity index (χ0n) is 8.58. The van der Waals surface area contributed by atoms with E-state index in [0.717, 1.165) is 6.92 Å². The third kappa shape index (κ3) is 3.62. The molecule has 0 saturated carbocycles. The number of rotatable bonds is 3. The van der Waals surface area contributed by atoms with Gasteiger partial charge in [-0.3, -0.25) is 0 Å². The first-order valence-electron chi connectivity index (χ1n) is 4.48. The number of carbonyl (C=O) groups is 1. The molecule has 0 bridgehead atoms. The number of halogens is 4. The summed E-state index contributed by atoms with van der Waals surface area (Å²) in [5.41, 5.74) is -0.315. The Bertz CT molecular complexity index is 431. The van der Waals surface area contributed by atoms with Gasteiger partial charge in [0.1, 0.15) is 11.3 Å². The summed E-state index contributed by atoms with van der Waals surface area (Å²) in [5, 5.41) is 8.80. The quantitative estimate of drug-likeness (QED) is 0.929. The maximum Gasteiger partial charge on any atom is 0.425 e. The van der Waals surface area contributed by atoms with E-state index < -0.39 is 18.2 Å². The summed E-state index contributed by atoms with van der Waals surface area (Å²) in [7, 11) is 0. The number of hydrogen-bond donors (Lipinski definition) is 1. The summed E-state index contributed by atoms with van der Waals surface area (Å²) < 4.78 is 41.9. The van der Waals surface area contributed by atoms with Gasteiger partial charge in [-0.2, -0.15) is 13.2 Å². The number of aromatic carboxylic acids is 1. The third-order valence-electron chi connectivity index (χ3n) is 1.94. The lowest BCUT2D eigenvalue weighted by Gasteiger charge is -2.18. The highest BCUT2D eigenvalue weighted by Crippen LogP contribution is 2.29. The molecule has 0 saturated heterocycles. The molecule has 1 aromatic carbocycles. The summed E-state index contributed by atoms with van der Waals surface area (Å²) in [4.78, 5) is 10.8. The van der Waals surface area contributed by atoms with Gasteiger partial charge in [-0.05, 0) is 25.1 Å². The van der Waals surface area contributed by atoms with Crippen molar-refractivity contribution in [2.75, 3.05) is 0 Å². The van der Waals surface area contributed by atoms with Crippen LogP contribution in [0.2, 0.25) is 0 Å². The van der Waals surface area contributed by atoms with E-state index in [2.05, 4.69) is 20.7 Å². The molecule has 0 amide bonds. The van der Waals surface area contributed by atoms with Crippen LogP contribution in [0.4, 0.5) is 13.2 Å². The molecule has 94 valence electrons. The summed E-state index contributed by atoms with van der Waals surface area (Å²) in [6, 6.07) is 3.77. The Morgan fingerprint density at radius 3 is 2.53 bits per heavy atom. The van der Waals surface area contributed by atoms with Crippen LogP contribution in [0.1, 0.15) is 17.3 Å². The van der Waals surface area contributed by atoms with Crippen molar-refractivity contribution in [3.8, 4) is 5.75 Å². The molecule has 0 spiro atoms. The van der Waals surface area contributed by atoms with E-state index in [4.69, 9.17) is 5.11 Å². The maximum absolute atomic E-state index is 12.3. The van der Waals surface area contributed by atoms with Gasteiger partial charge in [0.2, 0.25) is 0 Å². The van der Waals surface area contributed by atoms with Crippen LogP contribution in [0, 0.1) is 0 Å². The minimum absolute atomic E-state index is 0.315. The van der Waals surface area contributed by atoms with Crippen LogP contribution in [-0.2, 0) is 0 Å². The van der Waals surface area contributed by atoms with Gasteiger partial charge in [0.25, 0.3) is 0 Å². The molecule has 0 heterocycles. The molecule has 3 nitrogen and oxygen atoms in total. The fraction of sp³-hybridized carbons (Fsp3) is 0.300. The van der Waals surface area contributed by atoms with Crippen molar-refractivity contribution in [3.05, 3.63) is 28.2 Å². The summed E-state index contributed by atoms with van der Waals surface area (Å²) >= 11 is 3.03. The monoisotopic (exact) mass is 312 g/mol. The lowest BCUT2D eigenvalue weighted by atomic mass is 10.2. The van der Waals surface area contributed by atoms with Crippen LogP contribution in [0.15, 0.2) is 22.7 Å². The first-order chi connectivity index (χ1) is 7.71. The Morgan fingerprint density at radius 2 is 2.06 bits per heavy atom. The molecule has 7 heteroatoms. The highest BCUT2D eigenvalue weighted by Gasteiger charge is 2.38. The van der Waals surface area contributed by atoms with E-state index in [-0.39, 0.29) is 11.3 Å². The molecular formula is C10H8BrF3O3. The van der Waals surface area contributed by atoms with Crippen LogP contribution in [-0.4, -0.2) is 23.4 Å². The number of alkyl halides is 3. The third-order valence-corrected chi connectivity index (χ3v) is 2.43. The van der Waals surface area contributed by atoms with E-state index in [1.165, 1.54) is 18.2 Å². The molecule has 1 atom stereocenters. The minimum Gasteiger partial charge on any atom is -0.480 e. The SMILES string of the molecule is CC(Oc1cc(Br)ccc1C(=O)O)C(F)(F)F. The van der Waals surface area contributed by atoms with Gasteiger partial charge in [0, 0.05) is 4.47 Å². The molecule has 0 aliphatic heterocycles. The second-order valence-corrected chi connectivity index (χ2v) is 4.16. The van der Waals surface area contributed by atoms with Gasteiger partial charge in [-0.15, -0.1) is 0 Å². The van der Waals surface area contributed by atoms with E-state index in [1.54, 1.807) is 0 Å². The van der Waals surface area contributed by atoms with Crippen molar-refractivity contribution in [2.24, 2.45) is 0 Å². The summed E-state index contributed by atoms with van der Waals surface area (Å²) in [5.74, 6) is -1.67. The van der Waals surface area contributed by atoms with Crippen LogP contribution >= 0.6 is 15.9 Å². The maximum atomic E-state index is 12.3. The Morgan fingerprint density at radius 1 is 1.47 bits per heavy atom. The second kappa shape index (κ2) is 4.95. The van der Waals surface area contributed by atoms with Crippen molar-refractivity contribution >= 4 is 21.9 Å². The average Bonchev–Trinajstić information content (AvgIpc) is 2.15. The molecule has 1 aromatic rings. The van der Waals surface area contributed by atoms with Gasteiger partial charge in [0.15, 0.2) is 6.10 Å². The Balaban J connectivity index is 3.04. The van der Waals surface area contributed by atoms with Crippen molar-refractivity contribution in [1.82, 2.24) is 0 Å². The minimum atomic E-state index is -4.54. The highest BCUT2D eigenvalue weighted by atomic mass is 79.9. The molecule has 1 unspecified atom stereocenters. The van der Waals surface area contributed by atoms with Gasteiger partial charge in [-0.25, -0.2) is 4.79 Å². The largest absolute Gasteiger partial charge is 0.480 e. The zero-order valence-corrected chi connectivity index (χ0v) is 10.2. The highest BCUT2D eigenvalue weighted by molar-refractivity contribution is 9.10. The van der Waals surface area contributed by atoms with Crippen molar-refractivity contribution in [2.45, 2.75) is 19.2 Å². The topological polar surface area (TPSA) is 46.5 Å². The summed E-state index contributed by atoms with van der Waals surface area (Å²) in [6.07, 6.45) is -6.62. The van der Waals surface area contributed by atoms with E-state index in [0.29, 0.717) is 4.47 Å². The molecule has 1 rings (SSSR count). The van der Waals surface area contributed by atoms with Crippen LogP contribution in [0.3, 0.4) is 0 Å². The second-order valence-electron chi connectivity index (χ2n) is 3.25. The van der Waals surface area contributed by atoms with Gasteiger partial charge in [-0.1, -0.05) is 15.9 Å². The van der Waals surface area contributed by atoms with E-state index in [9.17, 15) is 18.0 Å². The van der Waals surface area contributed by atoms with E-state index >= 15 is 0 Å². The standard InChI is InChI=1S/C10H8BrF3O3/c1-5(10(12,13)14)17-8-4-6(11)2-3-7(8)9(15)16/h2-5H,1H3,(H,15,16). The lowest BCUT2D eigenvalue weighted by molar-refractivity contribution is -0.189. The molecule has 0 aromatic heterocycles. The molecule has 0 aliphatic rings. The first-order valence-corrected chi connectivity index (χ1v) is 5.27. The number of ether oxygens (including phenoxy) is 1. The molecule has 1 N–H and O–H groups in total. The van der Waals surface area contributed by atoms with Crippen LogP contribution < -0.4 is 4.74 Å². The number of carboxylic acids is 1. The zero-order chi connectivity index (χ0) is 13.2. The number of carboxylic acid groups (broad SMARTS) is 1. The molecule has 0 aliphatic carbocycles. The molecular weight excluding hydrogens is 305 g/mol. The van der Waals surface area contributed by atoms with Gasteiger partial charge < -0.3 is 9.84 Å². The van der Waals surface area contributed by atoms with Crippen molar-refractivity contribution in [3.63, 3.8) is 0 Å². The Labute approximate surface area is 103 Å². The fourth-order valence-electron chi connectivity index (χ4n) is 1.03. The van der Waals surface area contributed by atoms with E-state index in [1.807, 2.05) is 0 Å². The summed E-state index contributed by atoms with van der Waals surface area (Å²) in [6.45, 7) is 0.812. The first kappa shape index (κ1) is 13.8. The predicted molar refractivity (Wildman–Crippen MR) is 57.2 cm³/mol. The smallest absolute Gasteiger partial charge is 0.425 e. The molecule has 17 heavy (non-hydrogen) atoms. The normalized spacial score (nSPS) is 13.2.